The van der Waals surface area contributed by atoms with Gasteiger partial charge in [-0.1, -0.05) is 13.8 Å². The summed E-state index contributed by atoms with van der Waals surface area (Å²) in [5.41, 5.74) is 2.13. The molecule has 0 aliphatic heterocycles. The maximum Gasteiger partial charge on any atom is 0.360 e. The average Bonchev–Trinajstić information content (AvgIpc) is 2.76. The van der Waals surface area contributed by atoms with Crippen molar-refractivity contribution in [2.24, 2.45) is 11.8 Å². The molecule has 2 atom stereocenters. The van der Waals surface area contributed by atoms with E-state index in [0.29, 0.717) is 18.3 Å². The number of aromatic nitrogens is 1. The highest BCUT2D eigenvalue weighted by molar-refractivity contribution is 7.14. The van der Waals surface area contributed by atoms with E-state index in [2.05, 4.69) is 24.1 Å². The quantitative estimate of drug-likeness (QED) is 0.858. The summed E-state index contributed by atoms with van der Waals surface area (Å²) in [6.45, 7) is 6.78. The lowest BCUT2D eigenvalue weighted by Gasteiger charge is -2.32. The minimum atomic E-state index is -0.330. The highest BCUT2D eigenvalue weighted by atomic mass is 32.1. The first-order valence-corrected chi connectivity index (χ1v) is 7.85. The number of carbonyl (C=O) groups is 1. The van der Waals surface area contributed by atoms with Crippen molar-refractivity contribution in [2.75, 3.05) is 11.9 Å². The van der Waals surface area contributed by atoms with Gasteiger partial charge in [0.15, 0.2) is 5.69 Å². The molecule has 2 unspecified atom stereocenters. The molecule has 1 fully saturated rings. The number of carbonyl (C=O) groups excluding carboxylic acids is 1. The van der Waals surface area contributed by atoms with Gasteiger partial charge in [0.05, 0.1) is 12.1 Å². The smallest absolute Gasteiger partial charge is 0.360 e. The highest BCUT2D eigenvalue weighted by Crippen LogP contribution is 2.32. The van der Waals surface area contributed by atoms with Crippen LogP contribution in [-0.2, 0) is 4.74 Å². The third kappa shape index (κ3) is 3.69. The van der Waals surface area contributed by atoms with E-state index in [1.54, 1.807) is 5.51 Å². The fraction of sp³-hybridized carbons (Fsp3) is 0.714. The summed E-state index contributed by atoms with van der Waals surface area (Å²) in [5.74, 6) is 1.14. The Hall–Kier alpha value is -1.10. The standard InChI is InChI=1S/C14H22N2O2S/c1-4-18-14(17)12-13(19-8-15-12)16-11-6-9(2)5-10(3)7-11/h8-11,16H,4-7H2,1-3H3. The van der Waals surface area contributed by atoms with Gasteiger partial charge in [0.25, 0.3) is 0 Å². The number of rotatable bonds is 4. The third-order valence-corrected chi connectivity index (χ3v) is 4.31. The Balaban J connectivity index is 2.03. The minimum Gasteiger partial charge on any atom is -0.461 e. The van der Waals surface area contributed by atoms with Crippen LogP contribution in [0.4, 0.5) is 5.00 Å². The zero-order chi connectivity index (χ0) is 13.8. The number of anilines is 1. The maximum absolute atomic E-state index is 11.8. The molecule has 1 saturated carbocycles. The van der Waals surface area contributed by atoms with E-state index in [-0.39, 0.29) is 5.97 Å². The van der Waals surface area contributed by atoms with Crippen molar-refractivity contribution >= 4 is 22.3 Å². The summed E-state index contributed by atoms with van der Waals surface area (Å²) < 4.78 is 5.02. The zero-order valence-electron chi connectivity index (χ0n) is 11.8. The van der Waals surface area contributed by atoms with Crippen LogP contribution in [0.5, 0.6) is 0 Å². The molecule has 0 bridgehead atoms. The van der Waals surface area contributed by atoms with Crippen molar-refractivity contribution in [1.82, 2.24) is 4.98 Å². The molecule has 1 N–H and O–H groups in total. The van der Waals surface area contributed by atoms with E-state index in [1.165, 1.54) is 17.8 Å². The zero-order valence-corrected chi connectivity index (χ0v) is 12.6. The second-order valence-electron chi connectivity index (χ2n) is 5.51. The summed E-state index contributed by atoms with van der Waals surface area (Å²) in [4.78, 5) is 15.9. The molecule has 0 saturated heterocycles. The monoisotopic (exact) mass is 282 g/mol. The Kier molecular flexibility index (Phi) is 4.80. The number of nitrogens with one attached hydrogen (secondary N) is 1. The molecule has 1 heterocycles. The molecular weight excluding hydrogens is 260 g/mol. The topological polar surface area (TPSA) is 51.2 Å². The summed E-state index contributed by atoms with van der Waals surface area (Å²) in [7, 11) is 0. The number of ether oxygens (including phenoxy) is 1. The molecule has 0 amide bonds. The van der Waals surface area contributed by atoms with Crippen molar-refractivity contribution in [3.05, 3.63) is 11.2 Å². The SMILES string of the molecule is CCOC(=O)c1ncsc1NC1CC(C)CC(C)C1. The van der Waals surface area contributed by atoms with Crippen LogP contribution in [0.3, 0.4) is 0 Å². The Morgan fingerprint density at radius 1 is 1.42 bits per heavy atom. The van der Waals surface area contributed by atoms with Gasteiger partial charge in [-0.05, 0) is 38.0 Å². The van der Waals surface area contributed by atoms with Gasteiger partial charge in [-0.25, -0.2) is 9.78 Å². The Morgan fingerprint density at radius 2 is 2.11 bits per heavy atom. The summed E-state index contributed by atoms with van der Waals surface area (Å²) in [5, 5.41) is 4.34. The highest BCUT2D eigenvalue weighted by Gasteiger charge is 2.26. The summed E-state index contributed by atoms with van der Waals surface area (Å²) >= 11 is 1.48. The van der Waals surface area contributed by atoms with Gasteiger partial charge in [0.2, 0.25) is 0 Å². The molecular formula is C14H22N2O2S. The lowest BCUT2D eigenvalue weighted by molar-refractivity contribution is 0.0521. The molecule has 106 valence electrons. The first kappa shape index (κ1) is 14.3. The molecule has 0 spiro atoms. The van der Waals surface area contributed by atoms with Gasteiger partial charge >= 0.3 is 5.97 Å². The summed E-state index contributed by atoms with van der Waals surface area (Å²) in [6.07, 6.45) is 3.61. The van der Waals surface area contributed by atoms with Gasteiger partial charge in [-0.15, -0.1) is 11.3 Å². The number of hydrogen-bond donors (Lipinski definition) is 1. The normalized spacial score (nSPS) is 27.0. The van der Waals surface area contributed by atoms with Crippen molar-refractivity contribution in [1.29, 1.82) is 0 Å². The van der Waals surface area contributed by atoms with E-state index in [4.69, 9.17) is 4.74 Å². The molecule has 0 aromatic carbocycles. The molecule has 4 nitrogen and oxygen atoms in total. The summed E-state index contributed by atoms with van der Waals surface area (Å²) in [6, 6.07) is 0.437. The van der Waals surface area contributed by atoms with Gasteiger partial charge in [0, 0.05) is 6.04 Å². The van der Waals surface area contributed by atoms with Crippen LogP contribution in [-0.4, -0.2) is 23.6 Å². The Bertz CT molecular complexity index is 423. The van der Waals surface area contributed by atoms with Crippen LogP contribution < -0.4 is 5.32 Å². The van der Waals surface area contributed by atoms with Crippen molar-refractivity contribution in [3.8, 4) is 0 Å². The molecule has 1 aliphatic carbocycles. The Morgan fingerprint density at radius 3 is 2.74 bits per heavy atom. The second-order valence-corrected chi connectivity index (χ2v) is 6.36. The van der Waals surface area contributed by atoms with Crippen molar-refractivity contribution < 1.29 is 9.53 Å². The lowest BCUT2D eigenvalue weighted by atomic mass is 9.80. The van der Waals surface area contributed by atoms with Gasteiger partial charge < -0.3 is 10.1 Å². The minimum absolute atomic E-state index is 0.330. The second kappa shape index (κ2) is 6.37. The van der Waals surface area contributed by atoms with E-state index in [9.17, 15) is 4.79 Å². The predicted octanol–water partition coefficient (Wildman–Crippen LogP) is 3.56. The van der Waals surface area contributed by atoms with Gasteiger partial charge in [-0.2, -0.15) is 0 Å². The fourth-order valence-electron chi connectivity index (χ4n) is 2.94. The molecule has 1 aromatic rings. The van der Waals surface area contributed by atoms with Crippen LogP contribution in [0.15, 0.2) is 5.51 Å². The van der Waals surface area contributed by atoms with Crippen molar-refractivity contribution in [2.45, 2.75) is 46.1 Å². The predicted molar refractivity (Wildman–Crippen MR) is 77.7 cm³/mol. The number of esters is 1. The molecule has 1 aromatic heterocycles. The first-order valence-electron chi connectivity index (χ1n) is 6.97. The Labute approximate surface area is 118 Å². The number of nitrogens with zero attached hydrogens (tertiary/aromatic N) is 1. The molecule has 1 aliphatic rings. The largest absolute Gasteiger partial charge is 0.461 e. The lowest BCUT2D eigenvalue weighted by Crippen LogP contribution is -2.30. The van der Waals surface area contributed by atoms with Crippen molar-refractivity contribution in [3.63, 3.8) is 0 Å². The molecule has 2 rings (SSSR count). The van der Waals surface area contributed by atoms with Gasteiger partial charge in [-0.3, -0.25) is 0 Å². The van der Waals surface area contributed by atoms with Gasteiger partial charge in [0.1, 0.15) is 5.00 Å². The van der Waals surface area contributed by atoms with Crippen LogP contribution >= 0.6 is 11.3 Å². The van der Waals surface area contributed by atoms with Crippen LogP contribution in [0.2, 0.25) is 0 Å². The average molecular weight is 282 g/mol. The number of thiazole rings is 1. The maximum atomic E-state index is 11.8. The third-order valence-electron chi connectivity index (χ3n) is 3.55. The van der Waals surface area contributed by atoms with E-state index in [1.807, 2.05) is 6.92 Å². The van der Waals surface area contributed by atoms with Crippen LogP contribution in [0, 0.1) is 11.8 Å². The molecule has 5 heteroatoms. The fourth-order valence-corrected chi connectivity index (χ4v) is 3.69. The number of hydrogen-bond acceptors (Lipinski definition) is 5. The van der Waals surface area contributed by atoms with E-state index < -0.39 is 0 Å². The van der Waals surface area contributed by atoms with Crippen LogP contribution in [0.1, 0.15) is 50.5 Å². The van der Waals surface area contributed by atoms with E-state index >= 15 is 0 Å². The molecule has 0 radical (unpaired) electrons. The van der Waals surface area contributed by atoms with Crippen LogP contribution in [0.25, 0.3) is 0 Å². The molecule has 19 heavy (non-hydrogen) atoms. The first-order chi connectivity index (χ1) is 9.10. The van der Waals surface area contributed by atoms with E-state index in [0.717, 1.165) is 29.7 Å².